The van der Waals surface area contributed by atoms with E-state index < -0.39 is 0 Å². The Labute approximate surface area is 146 Å². The predicted octanol–water partition coefficient (Wildman–Crippen LogP) is 2.08. The molecule has 0 spiro atoms. The summed E-state index contributed by atoms with van der Waals surface area (Å²) in [6.45, 7) is 6.96. The van der Waals surface area contributed by atoms with Gasteiger partial charge in [-0.05, 0) is 36.7 Å². The van der Waals surface area contributed by atoms with E-state index in [1.807, 2.05) is 19.1 Å². The van der Waals surface area contributed by atoms with Gasteiger partial charge in [0, 0.05) is 24.8 Å². The highest BCUT2D eigenvalue weighted by Gasteiger charge is 2.14. The number of ether oxygens (including phenoxy) is 2. The van der Waals surface area contributed by atoms with Gasteiger partial charge in [-0.15, -0.1) is 0 Å². The van der Waals surface area contributed by atoms with Crippen LogP contribution < -0.4 is 15.0 Å². The van der Waals surface area contributed by atoms with Gasteiger partial charge < -0.3 is 24.2 Å². The maximum absolute atomic E-state index is 12.0. The summed E-state index contributed by atoms with van der Waals surface area (Å²) in [4.78, 5) is 14.3. The van der Waals surface area contributed by atoms with Crippen LogP contribution in [-0.4, -0.2) is 44.0 Å². The van der Waals surface area contributed by atoms with Crippen LogP contribution in [0.5, 0.6) is 5.88 Å². The van der Waals surface area contributed by atoms with E-state index in [9.17, 15) is 4.79 Å². The maximum atomic E-state index is 12.0. The fraction of sp³-hybridized carbons (Fsp3) is 0.444. The molecule has 0 radical (unpaired) electrons. The Kier molecular flexibility index (Phi) is 5.55. The lowest BCUT2D eigenvalue weighted by atomic mass is 10.1. The van der Waals surface area contributed by atoms with Crippen LogP contribution in [0.1, 0.15) is 24.3 Å². The maximum Gasteiger partial charge on any atom is 0.258 e. The van der Waals surface area contributed by atoms with E-state index in [2.05, 4.69) is 27.5 Å². The number of nitrogens with one attached hydrogen (secondary N) is 1. The van der Waals surface area contributed by atoms with E-state index >= 15 is 0 Å². The number of carbonyl (C=O) groups excluding carboxylic acids is 1. The van der Waals surface area contributed by atoms with Crippen LogP contribution >= 0.6 is 0 Å². The van der Waals surface area contributed by atoms with Crippen molar-refractivity contribution in [3.8, 4) is 5.88 Å². The van der Waals surface area contributed by atoms with E-state index in [4.69, 9.17) is 14.0 Å². The van der Waals surface area contributed by atoms with Gasteiger partial charge in [-0.1, -0.05) is 12.1 Å². The average molecular weight is 345 g/mol. The molecule has 1 saturated heterocycles. The van der Waals surface area contributed by atoms with Crippen molar-refractivity contribution in [1.82, 2.24) is 10.5 Å². The highest BCUT2D eigenvalue weighted by molar-refractivity contribution is 5.78. The van der Waals surface area contributed by atoms with Crippen molar-refractivity contribution >= 4 is 11.6 Å². The summed E-state index contributed by atoms with van der Waals surface area (Å²) in [5.74, 6) is 0.754. The molecule has 0 bridgehead atoms. The van der Waals surface area contributed by atoms with Crippen LogP contribution in [0.2, 0.25) is 0 Å². The Morgan fingerprint density at radius 2 is 2.04 bits per heavy atom. The topological polar surface area (TPSA) is 76.8 Å². The third-order valence-electron chi connectivity index (χ3n) is 4.10. The average Bonchev–Trinajstić information content (AvgIpc) is 3.06. The molecule has 2 heterocycles. The molecule has 1 fully saturated rings. The lowest BCUT2D eigenvalue weighted by Crippen LogP contribution is -2.36. The molecule has 1 atom stereocenters. The molecule has 0 unspecified atom stereocenters. The van der Waals surface area contributed by atoms with Gasteiger partial charge in [-0.2, -0.15) is 0 Å². The number of morpholine rings is 1. The molecule has 1 aliphatic heterocycles. The van der Waals surface area contributed by atoms with Crippen LogP contribution in [0.4, 0.5) is 5.69 Å². The van der Waals surface area contributed by atoms with Crippen molar-refractivity contribution in [1.29, 1.82) is 0 Å². The molecule has 1 aromatic heterocycles. The van der Waals surface area contributed by atoms with Gasteiger partial charge >= 0.3 is 0 Å². The zero-order valence-corrected chi connectivity index (χ0v) is 14.5. The highest BCUT2D eigenvalue weighted by atomic mass is 16.5. The van der Waals surface area contributed by atoms with E-state index in [-0.39, 0.29) is 18.6 Å². The van der Waals surface area contributed by atoms with E-state index in [0.717, 1.165) is 31.9 Å². The van der Waals surface area contributed by atoms with Gasteiger partial charge in [0.05, 0.1) is 19.3 Å². The summed E-state index contributed by atoms with van der Waals surface area (Å²) < 4.78 is 15.6. The minimum absolute atomic E-state index is 0.0951. The molecule has 0 saturated carbocycles. The van der Waals surface area contributed by atoms with Crippen molar-refractivity contribution in [2.45, 2.75) is 19.9 Å². The number of nitrogens with zero attached hydrogens (tertiary/aromatic N) is 2. The summed E-state index contributed by atoms with van der Waals surface area (Å²) in [7, 11) is 0. The van der Waals surface area contributed by atoms with Crippen LogP contribution in [0.3, 0.4) is 0 Å². The third-order valence-corrected chi connectivity index (χ3v) is 4.10. The SMILES string of the molecule is Cc1cc(OCC(=O)N[C@H](C)c2ccc(N3CCOCC3)cc2)no1. The quantitative estimate of drug-likeness (QED) is 0.864. The lowest BCUT2D eigenvalue weighted by molar-refractivity contribution is -0.123. The van der Waals surface area contributed by atoms with E-state index in [1.165, 1.54) is 5.69 Å². The fourth-order valence-corrected chi connectivity index (χ4v) is 2.71. The van der Waals surface area contributed by atoms with E-state index in [1.54, 1.807) is 13.0 Å². The first-order valence-corrected chi connectivity index (χ1v) is 8.40. The number of hydrogen-bond acceptors (Lipinski definition) is 6. The second-order valence-corrected chi connectivity index (χ2v) is 6.04. The Bertz CT molecular complexity index is 693. The van der Waals surface area contributed by atoms with Gasteiger partial charge in [-0.25, -0.2) is 0 Å². The number of benzene rings is 1. The number of anilines is 1. The summed E-state index contributed by atoms with van der Waals surface area (Å²) in [5, 5.41) is 6.60. The van der Waals surface area contributed by atoms with E-state index in [0.29, 0.717) is 11.6 Å². The molecule has 7 nitrogen and oxygen atoms in total. The van der Waals surface area contributed by atoms with Crippen molar-refractivity contribution < 1.29 is 18.8 Å². The molecule has 0 aliphatic carbocycles. The summed E-state index contributed by atoms with van der Waals surface area (Å²) in [6, 6.07) is 9.78. The first-order valence-electron chi connectivity index (χ1n) is 8.40. The molecule has 1 aromatic carbocycles. The molecule has 3 rings (SSSR count). The van der Waals surface area contributed by atoms with Crippen molar-refractivity contribution in [2.24, 2.45) is 0 Å². The van der Waals surface area contributed by atoms with Crippen molar-refractivity contribution in [3.63, 3.8) is 0 Å². The Morgan fingerprint density at radius 3 is 2.68 bits per heavy atom. The van der Waals surface area contributed by atoms with Gasteiger partial charge in [0.2, 0.25) is 0 Å². The zero-order chi connectivity index (χ0) is 17.6. The highest BCUT2D eigenvalue weighted by Crippen LogP contribution is 2.20. The minimum Gasteiger partial charge on any atom is -0.465 e. The molecule has 7 heteroatoms. The zero-order valence-electron chi connectivity index (χ0n) is 14.5. The number of hydrogen-bond donors (Lipinski definition) is 1. The molecule has 1 amide bonds. The number of rotatable bonds is 6. The Balaban J connectivity index is 1.50. The normalized spacial score (nSPS) is 15.7. The minimum atomic E-state index is -0.203. The molecule has 2 aromatic rings. The van der Waals surface area contributed by atoms with Crippen LogP contribution in [-0.2, 0) is 9.53 Å². The summed E-state index contributed by atoms with van der Waals surface area (Å²) in [6.07, 6.45) is 0. The summed E-state index contributed by atoms with van der Waals surface area (Å²) >= 11 is 0. The number of aromatic nitrogens is 1. The number of aryl methyl sites for hydroxylation is 1. The molecule has 25 heavy (non-hydrogen) atoms. The molecular formula is C18H23N3O4. The van der Waals surface area contributed by atoms with Crippen LogP contribution in [0.15, 0.2) is 34.9 Å². The monoisotopic (exact) mass is 345 g/mol. The van der Waals surface area contributed by atoms with Crippen molar-refractivity contribution in [3.05, 3.63) is 41.7 Å². The summed E-state index contributed by atoms with van der Waals surface area (Å²) in [5.41, 5.74) is 2.22. The van der Waals surface area contributed by atoms with Gasteiger partial charge in [0.15, 0.2) is 6.61 Å². The first-order chi connectivity index (χ1) is 12.1. The fourth-order valence-electron chi connectivity index (χ4n) is 2.71. The second kappa shape index (κ2) is 8.02. The van der Waals surface area contributed by atoms with Gasteiger partial charge in [0.1, 0.15) is 5.76 Å². The molecular weight excluding hydrogens is 322 g/mol. The largest absolute Gasteiger partial charge is 0.465 e. The Hall–Kier alpha value is -2.54. The number of amides is 1. The van der Waals surface area contributed by atoms with Crippen molar-refractivity contribution in [2.75, 3.05) is 37.8 Å². The first kappa shape index (κ1) is 17.3. The predicted molar refractivity (Wildman–Crippen MR) is 92.8 cm³/mol. The van der Waals surface area contributed by atoms with Gasteiger partial charge in [0.25, 0.3) is 11.8 Å². The third kappa shape index (κ3) is 4.73. The number of carbonyl (C=O) groups is 1. The second-order valence-electron chi connectivity index (χ2n) is 6.04. The molecule has 1 aliphatic rings. The Morgan fingerprint density at radius 1 is 1.32 bits per heavy atom. The van der Waals surface area contributed by atoms with Crippen LogP contribution in [0, 0.1) is 6.92 Å². The standard InChI is InChI=1S/C18H23N3O4/c1-13-11-18(20-25-13)24-12-17(22)19-14(2)15-3-5-16(6-4-15)21-7-9-23-10-8-21/h3-6,11,14H,7-10,12H2,1-2H3,(H,19,22)/t14-/m1/s1. The van der Waals surface area contributed by atoms with Crippen LogP contribution in [0.25, 0.3) is 0 Å². The lowest BCUT2D eigenvalue weighted by Gasteiger charge is -2.29. The smallest absolute Gasteiger partial charge is 0.258 e. The molecule has 1 N–H and O–H groups in total. The van der Waals surface area contributed by atoms with Gasteiger partial charge in [-0.3, -0.25) is 4.79 Å². The molecule has 134 valence electrons.